The highest BCUT2D eigenvalue weighted by atomic mass is 35.5. The zero-order chi connectivity index (χ0) is 21.8. The molecule has 0 aliphatic heterocycles. The van der Waals surface area contributed by atoms with Crippen LogP contribution in [0.5, 0.6) is 5.75 Å². The van der Waals surface area contributed by atoms with E-state index in [1.807, 2.05) is 49.4 Å². The number of fused-ring (bicyclic) bond motifs is 1. The SMILES string of the molecule is Cc1ccc2cc(CN(CCOc3cccc(Cl)c3)C(=O)c3c[nH]nc3N)ccc2n1. The summed E-state index contributed by atoms with van der Waals surface area (Å²) in [6.45, 7) is 3.02. The number of hydrogen-bond acceptors (Lipinski definition) is 5. The largest absolute Gasteiger partial charge is 0.492 e. The summed E-state index contributed by atoms with van der Waals surface area (Å²) in [5.41, 5.74) is 9.06. The fourth-order valence-corrected chi connectivity index (χ4v) is 3.50. The summed E-state index contributed by atoms with van der Waals surface area (Å²) in [6, 6.07) is 17.1. The van der Waals surface area contributed by atoms with Gasteiger partial charge in [-0.2, -0.15) is 5.10 Å². The van der Waals surface area contributed by atoms with Gasteiger partial charge in [-0.1, -0.05) is 29.8 Å². The van der Waals surface area contributed by atoms with Crippen LogP contribution >= 0.6 is 11.6 Å². The number of carbonyl (C=O) groups excluding carboxylic acids is 1. The van der Waals surface area contributed by atoms with E-state index < -0.39 is 0 Å². The zero-order valence-electron chi connectivity index (χ0n) is 17.0. The van der Waals surface area contributed by atoms with E-state index in [0.29, 0.717) is 36.0 Å². The highest BCUT2D eigenvalue weighted by molar-refractivity contribution is 6.30. The molecule has 0 aliphatic carbocycles. The average molecular weight is 436 g/mol. The van der Waals surface area contributed by atoms with E-state index in [1.54, 1.807) is 17.0 Å². The lowest BCUT2D eigenvalue weighted by Gasteiger charge is -2.23. The van der Waals surface area contributed by atoms with Crippen LogP contribution in [0.2, 0.25) is 5.02 Å². The lowest BCUT2D eigenvalue weighted by atomic mass is 10.1. The molecule has 31 heavy (non-hydrogen) atoms. The Kier molecular flexibility index (Phi) is 6.04. The van der Waals surface area contributed by atoms with E-state index in [0.717, 1.165) is 22.2 Å². The molecule has 7 nitrogen and oxygen atoms in total. The number of benzene rings is 2. The maximum Gasteiger partial charge on any atom is 0.259 e. The molecule has 8 heteroatoms. The number of ether oxygens (including phenoxy) is 1. The van der Waals surface area contributed by atoms with E-state index in [1.165, 1.54) is 6.20 Å². The number of aromatic nitrogens is 3. The van der Waals surface area contributed by atoms with Gasteiger partial charge in [0.05, 0.1) is 12.1 Å². The molecular formula is C23H22ClN5O2. The summed E-state index contributed by atoms with van der Waals surface area (Å²) in [5, 5.41) is 8.12. The van der Waals surface area contributed by atoms with Crippen LogP contribution in [0.15, 0.2) is 60.8 Å². The van der Waals surface area contributed by atoms with Gasteiger partial charge in [0.15, 0.2) is 5.82 Å². The number of pyridine rings is 1. The second-order valence-corrected chi connectivity index (χ2v) is 7.63. The van der Waals surface area contributed by atoms with Gasteiger partial charge in [-0.05, 0) is 48.9 Å². The molecule has 4 aromatic rings. The van der Waals surface area contributed by atoms with Gasteiger partial charge >= 0.3 is 0 Å². The zero-order valence-corrected chi connectivity index (χ0v) is 17.8. The van der Waals surface area contributed by atoms with Gasteiger partial charge in [0.25, 0.3) is 5.91 Å². The maximum absolute atomic E-state index is 13.1. The van der Waals surface area contributed by atoms with Crippen molar-refractivity contribution in [1.82, 2.24) is 20.1 Å². The van der Waals surface area contributed by atoms with Crippen LogP contribution in [0, 0.1) is 6.92 Å². The van der Waals surface area contributed by atoms with E-state index >= 15 is 0 Å². The molecule has 2 aromatic heterocycles. The summed E-state index contributed by atoms with van der Waals surface area (Å²) in [7, 11) is 0. The summed E-state index contributed by atoms with van der Waals surface area (Å²) in [6.07, 6.45) is 1.51. The molecular weight excluding hydrogens is 414 g/mol. The summed E-state index contributed by atoms with van der Waals surface area (Å²) < 4.78 is 5.79. The topological polar surface area (TPSA) is 97.1 Å². The number of nitrogens with zero attached hydrogens (tertiary/aromatic N) is 3. The fourth-order valence-electron chi connectivity index (χ4n) is 3.32. The first-order chi connectivity index (χ1) is 15.0. The minimum atomic E-state index is -0.219. The molecule has 2 heterocycles. The first-order valence-corrected chi connectivity index (χ1v) is 10.2. The third-order valence-corrected chi connectivity index (χ3v) is 5.11. The number of hydrogen-bond donors (Lipinski definition) is 2. The number of anilines is 1. The Bertz CT molecular complexity index is 1220. The Hall–Kier alpha value is -3.58. The van der Waals surface area contributed by atoms with Crippen molar-refractivity contribution in [2.45, 2.75) is 13.5 Å². The average Bonchev–Trinajstić information content (AvgIpc) is 3.18. The van der Waals surface area contributed by atoms with Crippen LogP contribution in [0.1, 0.15) is 21.6 Å². The van der Waals surface area contributed by atoms with Crippen molar-refractivity contribution in [2.24, 2.45) is 0 Å². The number of halogens is 1. The fraction of sp³-hybridized carbons (Fsp3) is 0.174. The minimum absolute atomic E-state index is 0.170. The molecule has 0 radical (unpaired) electrons. The minimum Gasteiger partial charge on any atom is -0.492 e. The molecule has 0 fully saturated rings. The van der Waals surface area contributed by atoms with Crippen molar-refractivity contribution in [3.63, 3.8) is 0 Å². The maximum atomic E-state index is 13.1. The highest BCUT2D eigenvalue weighted by Crippen LogP contribution is 2.20. The Labute approximate surface area is 184 Å². The monoisotopic (exact) mass is 435 g/mol. The molecule has 158 valence electrons. The second kappa shape index (κ2) is 9.06. The van der Waals surface area contributed by atoms with Gasteiger partial charge in [0, 0.05) is 28.8 Å². The van der Waals surface area contributed by atoms with Crippen LogP contribution in [-0.4, -0.2) is 39.1 Å². The lowest BCUT2D eigenvalue weighted by Crippen LogP contribution is -2.34. The highest BCUT2D eigenvalue weighted by Gasteiger charge is 2.20. The van der Waals surface area contributed by atoms with E-state index in [9.17, 15) is 4.79 Å². The van der Waals surface area contributed by atoms with Crippen LogP contribution in [0.25, 0.3) is 10.9 Å². The number of carbonyl (C=O) groups is 1. The Morgan fingerprint density at radius 2 is 2.06 bits per heavy atom. The summed E-state index contributed by atoms with van der Waals surface area (Å²) in [4.78, 5) is 19.4. The molecule has 1 amide bonds. The molecule has 0 aliphatic rings. The second-order valence-electron chi connectivity index (χ2n) is 7.20. The molecule has 2 aromatic carbocycles. The number of H-pyrrole nitrogens is 1. The predicted molar refractivity (Wildman–Crippen MR) is 121 cm³/mol. The molecule has 3 N–H and O–H groups in total. The number of aromatic amines is 1. The number of nitrogens with one attached hydrogen (secondary N) is 1. The van der Waals surface area contributed by atoms with Gasteiger partial charge < -0.3 is 15.4 Å². The Balaban J connectivity index is 1.53. The van der Waals surface area contributed by atoms with Gasteiger partial charge in [0.1, 0.15) is 17.9 Å². The van der Waals surface area contributed by atoms with Crippen LogP contribution in [0.4, 0.5) is 5.82 Å². The van der Waals surface area contributed by atoms with Crippen LogP contribution < -0.4 is 10.5 Å². The normalized spacial score (nSPS) is 10.9. The summed E-state index contributed by atoms with van der Waals surface area (Å²) in [5.74, 6) is 0.599. The van der Waals surface area contributed by atoms with Crippen molar-refractivity contribution in [1.29, 1.82) is 0 Å². The number of aryl methyl sites for hydroxylation is 1. The number of nitrogens with two attached hydrogens (primary N) is 1. The first-order valence-electron chi connectivity index (χ1n) is 9.83. The third kappa shape index (κ3) is 4.95. The quantitative estimate of drug-likeness (QED) is 0.453. The predicted octanol–water partition coefficient (Wildman–Crippen LogP) is 4.22. The van der Waals surface area contributed by atoms with Crippen molar-refractivity contribution in [3.8, 4) is 5.75 Å². The lowest BCUT2D eigenvalue weighted by molar-refractivity contribution is 0.0717. The van der Waals surface area contributed by atoms with E-state index in [2.05, 4.69) is 15.2 Å². The Morgan fingerprint density at radius 3 is 2.84 bits per heavy atom. The van der Waals surface area contributed by atoms with Gasteiger partial charge in [0.2, 0.25) is 0 Å². The van der Waals surface area contributed by atoms with Gasteiger partial charge in [-0.3, -0.25) is 14.9 Å². The van der Waals surface area contributed by atoms with Crippen molar-refractivity contribution in [3.05, 3.63) is 82.6 Å². The molecule has 0 bridgehead atoms. The molecule has 0 atom stereocenters. The van der Waals surface area contributed by atoms with Crippen molar-refractivity contribution in [2.75, 3.05) is 18.9 Å². The first kappa shape index (κ1) is 20.7. The Morgan fingerprint density at radius 1 is 1.19 bits per heavy atom. The number of amides is 1. The van der Waals surface area contributed by atoms with E-state index in [4.69, 9.17) is 22.1 Å². The van der Waals surface area contributed by atoms with Gasteiger partial charge in [-0.25, -0.2) is 0 Å². The third-order valence-electron chi connectivity index (χ3n) is 4.88. The number of nitrogen functional groups attached to an aromatic ring is 1. The van der Waals surface area contributed by atoms with Crippen LogP contribution in [0.3, 0.4) is 0 Å². The molecule has 0 saturated heterocycles. The van der Waals surface area contributed by atoms with Gasteiger partial charge in [-0.15, -0.1) is 0 Å². The van der Waals surface area contributed by atoms with E-state index in [-0.39, 0.29) is 11.7 Å². The summed E-state index contributed by atoms with van der Waals surface area (Å²) >= 11 is 6.01. The van der Waals surface area contributed by atoms with Crippen molar-refractivity contribution >= 4 is 34.2 Å². The molecule has 0 spiro atoms. The number of rotatable bonds is 7. The molecule has 0 saturated carbocycles. The van der Waals surface area contributed by atoms with Crippen LogP contribution in [-0.2, 0) is 6.54 Å². The molecule has 4 rings (SSSR count). The van der Waals surface area contributed by atoms with Crippen molar-refractivity contribution < 1.29 is 9.53 Å². The standard InChI is InChI=1S/C23H22ClN5O2/c1-15-5-7-17-11-16(6-8-21(17)27-15)14-29(23(30)20-13-26-28-22(20)25)9-10-31-19-4-2-3-18(24)12-19/h2-8,11-13H,9-10,14H2,1H3,(H3,25,26,28). The molecule has 0 unspecified atom stereocenters. The smallest absolute Gasteiger partial charge is 0.259 e.